The first-order valence-electron chi connectivity index (χ1n) is 4.23. The van der Waals surface area contributed by atoms with Gasteiger partial charge in [-0.25, -0.2) is 4.98 Å². The largest absolute Gasteiger partial charge is 0.290 e. The van der Waals surface area contributed by atoms with Gasteiger partial charge in [-0.2, -0.15) is 8.42 Å². The summed E-state index contributed by atoms with van der Waals surface area (Å²) in [5, 5.41) is 0. The zero-order valence-electron chi connectivity index (χ0n) is 8.01. The Morgan fingerprint density at radius 2 is 2.27 bits per heavy atom. The van der Waals surface area contributed by atoms with Gasteiger partial charge in [0.1, 0.15) is 4.60 Å². The second-order valence-corrected chi connectivity index (χ2v) is 5.14. The molecule has 0 spiro atoms. The van der Waals surface area contributed by atoms with Crippen molar-refractivity contribution in [2.75, 3.05) is 0 Å². The number of pyridine rings is 1. The Kier molecular flexibility index (Phi) is 4.01. The van der Waals surface area contributed by atoms with Crippen LogP contribution >= 0.6 is 15.9 Å². The van der Waals surface area contributed by atoms with Crippen LogP contribution < -0.4 is 0 Å². The molecule has 0 aliphatic heterocycles. The maximum atomic E-state index is 10.9. The Balaban J connectivity index is 3.10. The standard InChI is InChI=1S/C9H10BrNO3S/c1-2-8(15(12,13)14)5-7-3-4-9(10)11-6-7/h3-6H,2H2,1H3,(H,12,13,14)/b8-5+. The van der Waals surface area contributed by atoms with E-state index >= 15 is 0 Å². The first-order chi connectivity index (χ1) is 6.93. The fourth-order valence-electron chi connectivity index (χ4n) is 1.02. The van der Waals surface area contributed by atoms with Crippen molar-refractivity contribution in [2.45, 2.75) is 13.3 Å². The van der Waals surface area contributed by atoms with Crippen LogP contribution in [0.5, 0.6) is 0 Å². The molecule has 1 aromatic rings. The van der Waals surface area contributed by atoms with Crippen molar-refractivity contribution in [3.63, 3.8) is 0 Å². The molecule has 0 amide bonds. The lowest BCUT2D eigenvalue weighted by Crippen LogP contribution is -2.00. The Hall–Kier alpha value is -0.720. The van der Waals surface area contributed by atoms with Gasteiger partial charge in [0.2, 0.25) is 0 Å². The van der Waals surface area contributed by atoms with Crippen molar-refractivity contribution >= 4 is 32.1 Å². The number of hydrogen-bond donors (Lipinski definition) is 1. The summed E-state index contributed by atoms with van der Waals surface area (Å²) >= 11 is 3.17. The van der Waals surface area contributed by atoms with Crippen molar-refractivity contribution in [1.29, 1.82) is 0 Å². The third kappa shape index (κ3) is 3.73. The average molecular weight is 292 g/mol. The molecule has 82 valence electrons. The minimum Gasteiger partial charge on any atom is -0.282 e. The van der Waals surface area contributed by atoms with E-state index in [0.29, 0.717) is 10.2 Å². The molecule has 1 heterocycles. The molecule has 6 heteroatoms. The van der Waals surface area contributed by atoms with E-state index in [1.165, 1.54) is 12.3 Å². The summed E-state index contributed by atoms with van der Waals surface area (Å²) in [6.07, 6.45) is 3.16. The second kappa shape index (κ2) is 4.87. The molecule has 0 unspecified atom stereocenters. The van der Waals surface area contributed by atoms with Crippen molar-refractivity contribution in [1.82, 2.24) is 4.98 Å². The minimum atomic E-state index is -4.10. The van der Waals surface area contributed by atoms with Gasteiger partial charge in [0.25, 0.3) is 10.1 Å². The lowest BCUT2D eigenvalue weighted by molar-refractivity contribution is 0.490. The Bertz CT molecular complexity index is 465. The molecule has 0 saturated heterocycles. The van der Waals surface area contributed by atoms with Crippen molar-refractivity contribution < 1.29 is 13.0 Å². The Morgan fingerprint density at radius 1 is 1.60 bits per heavy atom. The van der Waals surface area contributed by atoms with E-state index in [-0.39, 0.29) is 11.3 Å². The number of rotatable bonds is 3. The Labute approximate surface area is 96.9 Å². The van der Waals surface area contributed by atoms with Gasteiger partial charge in [0, 0.05) is 6.20 Å². The average Bonchev–Trinajstić information content (AvgIpc) is 2.15. The molecule has 1 aromatic heterocycles. The summed E-state index contributed by atoms with van der Waals surface area (Å²) in [4.78, 5) is 3.92. The van der Waals surface area contributed by atoms with Gasteiger partial charge < -0.3 is 0 Å². The SMILES string of the molecule is CC/C(=C\c1ccc(Br)nc1)S(=O)(=O)O. The van der Waals surface area contributed by atoms with Crippen molar-refractivity contribution in [2.24, 2.45) is 0 Å². The highest BCUT2D eigenvalue weighted by Crippen LogP contribution is 2.15. The summed E-state index contributed by atoms with van der Waals surface area (Å²) < 4.78 is 31.3. The fraction of sp³-hybridized carbons (Fsp3) is 0.222. The van der Waals surface area contributed by atoms with E-state index in [4.69, 9.17) is 4.55 Å². The van der Waals surface area contributed by atoms with Crippen molar-refractivity contribution in [3.05, 3.63) is 33.4 Å². The minimum absolute atomic E-state index is 0.0216. The van der Waals surface area contributed by atoms with E-state index in [1.54, 1.807) is 19.1 Å². The zero-order chi connectivity index (χ0) is 11.5. The predicted octanol–water partition coefficient (Wildman–Crippen LogP) is 2.48. The lowest BCUT2D eigenvalue weighted by Gasteiger charge is -2.00. The third-order valence-corrected chi connectivity index (χ3v) is 3.30. The molecule has 0 aliphatic carbocycles. The molecular weight excluding hydrogens is 282 g/mol. The number of hydrogen-bond acceptors (Lipinski definition) is 3. The molecule has 0 aliphatic rings. The monoisotopic (exact) mass is 291 g/mol. The molecular formula is C9H10BrNO3S. The van der Waals surface area contributed by atoms with E-state index < -0.39 is 10.1 Å². The van der Waals surface area contributed by atoms with Crippen LogP contribution in [-0.4, -0.2) is 18.0 Å². The second-order valence-electron chi connectivity index (χ2n) is 2.85. The number of halogens is 1. The van der Waals surface area contributed by atoms with E-state index in [0.717, 1.165) is 0 Å². The normalized spacial score (nSPS) is 12.9. The molecule has 0 bridgehead atoms. The topological polar surface area (TPSA) is 67.3 Å². The van der Waals surface area contributed by atoms with Crippen molar-refractivity contribution in [3.8, 4) is 0 Å². The summed E-state index contributed by atoms with van der Waals surface area (Å²) in [5.74, 6) is 0. The number of nitrogens with zero attached hydrogens (tertiary/aromatic N) is 1. The lowest BCUT2D eigenvalue weighted by atomic mass is 10.2. The van der Waals surface area contributed by atoms with Crippen LogP contribution in [0.2, 0.25) is 0 Å². The predicted molar refractivity (Wildman–Crippen MR) is 61.8 cm³/mol. The Morgan fingerprint density at radius 3 is 2.67 bits per heavy atom. The smallest absolute Gasteiger partial charge is 0.282 e. The van der Waals surface area contributed by atoms with Gasteiger partial charge in [0.05, 0.1) is 4.91 Å². The first kappa shape index (κ1) is 12.4. The summed E-state index contributed by atoms with van der Waals surface area (Å²) in [5.41, 5.74) is 0.632. The summed E-state index contributed by atoms with van der Waals surface area (Å²) in [6.45, 7) is 1.66. The molecule has 0 radical (unpaired) electrons. The maximum absolute atomic E-state index is 10.9. The van der Waals surface area contributed by atoms with Crippen LogP contribution in [0.3, 0.4) is 0 Å². The van der Waals surface area contributed by atoms with E-state index in [2.05, 4.69) is 20.9 Å². The molecule has 0 atom stereocenters. The van der Waals surface area contributed by atoms with E-state index in [1.807, 2.05) is 0 Å². The molecule has 4 nitrogen and oxygen atoms in total. The zero-order valence-corrected chi connectivity index (χ0v) is 10.4. The highest BCUT2D eigenvalue weighted by Gasteiger charge is 2.10. The van der Waals surface area contributed by atoms with Crippen LogP contribution in [0.4, 0.5) is 0 Å². The van der Waals surface area contributed by atoms with Crippen LogP contribution in [0.15, 0.2) is 27.8 Å². The first-order valence-corrected chi connectivity index (χ1v) is 6.46. The van der Waals surface area contributed by atoms with Crippen LogP contribution in [0.25, 0.3) is 6.08 Å². The highest BCUT2D eigenvalue weighted by molar-refractivity contribution is 9.10. The summed E-state index contributed by atoms with van der Waals surface area (Å²) in [6, 6.07) is 3.40. The van der Waals surface area contributed by atoms with Crippen LogP contribution in [0.1, 0.15) is 18.9 Å². The molecule has 0 saturated carbocycles. The number of allylic oxidation sites excluding steroid dienone is 1. The quantitative estimate of drug-likeness (QED) is 0.686. The molecule has 1 rings (SSSR count). The van der Waals surface area contributed by atoms with Gasteiger partial charge in [-0.1, -0.05) is 13.0 Å². The maximum Gasteiger partial charge on any atom is 0.290 e. The van der Waals surface area contributed by atoms with Crippen LogP contribution in [0, 0.1) is 0 Å². The van der Waals surface area contributed by atoms with Gasteiger partial charge in [0.15, 0.2) is 0 Å². The molecule has 15 heavy (non-hydrogen) atoms. The van der Waals surface area contributed by atoms with Gasteiger partial charge >= 0.3 is 0 Å². The fourth-order valence-corrected chi connectivity index (χ4v) is 1.90. The molecule has 0 aromatic carbocycles. The molecule has 1 N–H and O–H groups in total. The highest BCUT2D eigenvalue weighted by atomic mass is 79.9. The summed E-state index contributed by atoms with van der Waals surface area (Å²) in [7, 11) is -4.10. The van der Waals surface area contributed by atoms with Crippen LogP contribution in [-0.2, 0) is 10.1 Å². The van der Waals surface area contributed by atoms with Gasteiger partial charge in [-0.05, 0) is 40.1 Å². The van der Waals surface area contributed by atoms with E-state index in [9.17, 15) is 8.42 Å². The third-order valence-electron chi connectivity index (χ3n) is 1.76. The van der Waals surface area contributed by atoms with Gasteiger partial charge in [-0.15, -0.1) is 0 Å². The van der Waals surface area contributed by atoms with Gasteiger partial charge in [-0.3, -0.25) is 4.55 Å². The number of aromatic nitrogens is 1. The molecule has 0 fully saturated rings.